The van der Waals surface area contributed by atoms with Gasteiger partial charge in [-0.1, -0.05) is 67.6 Å². The van der Waals surface area contributed by atoms with Gasteiger partial charge in [-0.2, -0.15) is 0 Å². The van der Waals surface area contributed by atoms with Crippen molar-refractivity contribution in [1.29, 1.82) is 0 Å². The fraction of sp³-hybridized carbons (Fsp3) is 0.333. The molecule has 34 heavy (non-hydrogen) atoms. The SMILES string of the molecule is CCOC(=O)c1cc(-c2ccccc2)sc1NC(=O)C(c1ccccc1)N1CCN(CC)CC1. The first kappa shape index (κ1) is 24.1. The van der Waals surface area contributed by atoms with Gasteiger partial charge in [0, 0.05) is 31.1 Å². The molecule has 1 unspecified atom stereocenters. The third-order valence-electron chi connectivity index (χ3n) is 6.11. The number of benzene rings is 2. The van der Waals surface area contributed by atoms with Gasteiger partial charge in [-0.3, -0.25) is 9.69 Å². The van der Waals surface area contributed by atoms with E-state index in [1.54, 1.807) is 6.92 Å². The molecule has 178 valence electrons. The predicted molar refractivity (Wildman–Crippen MR) is 137 cm³/mol. The van der Waals surface area contributed by atoms with Crippen LogP contribution < -0.4 is 5.32 Å². The number of hydrogen-bond acceptors (Lipinski definition) is 6. The van der Waals surface area contributed by atoms with Crippen molar-refractivity contribution in [3.63, 3.8) is 0 Å². The van der Waals surface area contributed by atoms with Crippen molar-refractivity contribution in [3.05, 3.63) is 77.9 Å². The first-order chi connectivity index (χ1) is 16.6. The number of likely N-dealkylation sites (N-methyl/N-ethyl adjacent to an activating group) is 1. The topological polar surface area (TPSA) is 61.9 Å². The Hall–Kier alpha value is -3.00. The number of carbonyl (C=O) groups excluding carboxylic acids is 2. The summed E-state index contributed by atoms with van der Waals surface area (Å²) in [6.45, 7) is 8.71. The minimum absolute atomic E-state index is 0.136. The zero-order valence-corrected chi connectivity index (χ0v) is 20.5. The van der Waals surface area contributed by atoms with E-state index in [1.807, 2.05) is 66.7 Å². The molecule has 1 atom stereocenters. The van der Waals surface area contributed by atoms with Gasteiger partial charge in [0.05, 0.1) is 12.2 Å². The summed E-state index contributed by atoms with van der Waals surface area (Å²) >= 11 is 1.40. The second kappa shape index (κ2) is 11.4. The van der Waals surface area contributed by atoms with E-state index in [1.165, 1.54) is 11.3 Å². The maximum Gasteiger partial charge on any atom is 0.341 e. The van der Waals surface area contributed by atoms with Crippen LogP contribution in [0.4, 0.5) is 5.00 Å². The lowest BCUT2D eigenvalue weighted by atomic mass is 10.0. The number of hydrogen-bond donors (Lipinski definition) is 1. The molecule has 7 heteroatoms. The molecule has 0 bridgehead atoms. The highest BCUT2D eigenvalue weighted by molar-refractivity contribution is 7.20. The van der Waals surface area contributed by atoms with Crippen LogP contribution in [0.15, 0.2) is 66.7 Å². The molecule has 2 aromatic carbocycles. The standard InChI is InChI=1S/C27H31N3O3S/c1-3-29-15-17-30(18-16-29)24(21-13-9-6-10-14-21)25(31)28-26-22(27(32)33-4-2)19-23(34-26)20-11-7-5-8-12-20/h5-14,19,24H,3-4,15-18H2,1-2H3,(H,28,31). The summed E-state index contributed by atoms with van der Waals surface area (Å²) in [7, 11) is 0. The molecule has 1 fully saturated rings. The van der Waals surface area contributed by atoms with Gasteiger partial charge in [0.1, 0.15) is 11.0 Å². The van der Waals surface area contributed by atoms with E-state index in [2.05, 4.69) is 22.0 Å². The summed E-state index contributed by atoms with van der Waals surface area (Å²) in [5.74, 6) is -0.563. The minimum atomic E-state index is -0.433. The summed E-state index contributed by atoms with van der Waals surface area (Å²) in [5.41, 5.74) is 2.33. The average Bonchev–Trinajstić information content (AvgIpc) is 3.30. The summed E-state index contributed by atoms with van der Waals surface area (Å²) < 4.78 is 5.29. The molecule has 6 nitrogen and oxygen atoms in total. The number of nitrogens with zero attached hydrogens (tertiary/aromatic N) is 2. The Morgan fingerprint density at radius 2 is 1.62 bits per heavy atom. The van der Waals surface area contributed by atoms with Crippen LogP contribution in [0.1, 0.15) is 35.8 Å². The molecule has 1 aromatic heterocycles. The lowest BCUT2D eigenvalue weighted by Gasteiger charge is -2.38. The third kappa shape index (κ3) is 5.55. The third-order valence-corrected chi connectivity index (χ3v) is 7.20. The number of anilines is 1. The summed E-state index contributed by atoms with van der Waals surface area (Å²) in [4.78, 5) is 32.0. The Morgan fingerprint density at radius 1 is 0.971 bits per heavy atom. The van der Waals surface area contributed by atoms with Crippen molar-refractivity contribution in [2.75, 3.05) is 44.6 Å². The average molecular weight is 478 g/mol. The van der Waals surface area contributed by atoms with Crippen molar-refractivity contribution in [2.45, 2.75) is 19.9 Å². The molecule has 1 N–H and O–H groups in total. The van der Waals surface area contributed by atoms with Gasteiger partial charge in [-0.15, -0.1) is 11.3 Å². The van der Waals surface area contributed by atoms with E-state index in [4.69, 9.17) is 4.74 Å². The second-order valence-electron chi connectivity index (χ2n) is 8.21. The molecular weight excluding hydrogens is 446 g/mol. The Kier molecular flexibility index (Phi) is 8.11. The lowest BCUT2D eigenvalue weighted by Crippen LogP contribution is -2.49. The summed E-state index contributed by atoms with van der Waals surface area (Å²) in [5, 5.41) is 3.61. The Morgan fingerprint density at radius 3 is 2.24 bits per heavy atom. The lowest BCUT2D eigenvalue weighted by molar-refractivity contribution is -0.122. The maximum absolute atomic E-state index is 13.7. The van der Waals surface area contributed by atoms with E-state index < -0.39 is 12.0 Å². The Balaban J connectivity index is 1.64. The molecule has 3 aromatic rings. The monoisotopic (exact) mass is 477 g/mol. The molecule has 0 saturated carbocycles. The number of ether oxygens (including phenoxy) is 1. The summed E-state index contributed by atoms with van der Waals surface area (Å²) in [6, 6.07) is 21.1. The molecule has 4 rings (SSSR count). The molecule has 1 saturated heterocycles. The highest BCUT2D eigenvalue weighted by Crippen LogP contribution is 2.37. The second-order valence-corrected chi connectivity index (χ2v) is 9.26. The van der Waals surface area contributed by atoms with E-state index in [0.717, 1.165) is 48.7 Å². The van der Waals surface area contributed by atoms with Crippen molar-refractivity contribution >= 4 is 28.2 Å². The van der Waals surface area contributed by atoms with Gasteiger partial charge in [0.15, 0.2) is 0 Å². The zero-order chi connectivity index (χ0) is 23.9. The molecule has 1 amide bonds. The van der Waals surface area contributed by atoms with Gasteiger partial charge in [0.25, 0.3) is 0 Å². The number of carbonyl (C=O) groups is 2. The first-order valence-electron chi connectivity index (χ1n) is 11.8. The van der Waals surface area contributed by atoms with Crippen molar-refractivity contribution in [2.24, 2.45) is 0 Å². The van der Waals surface area contributed by atoms with Gasteiger partial charge >= 0.3 is 5.97 Å². The van der Waals surface area contributed by atoms with Crippen molar-refractivity contribution in [1.82, 2.24) is 9.80 Å². The molecule has 2 heterocycles. The predicted octanol–water partition coefficient (Wildman–Crippen LogP) is 4.91. The van der Waals surface area contributed by atoms with Crippen LogP contribution in [-0.2, 0) is 9.53 Å². The maximum atomic E-state index is 13.7. The van der Waals surface area contributed by atoms with Crippen LogP contribution in [0.2, 0.25) is 0 Å². The van der Waals surface area contributed by atoms with E-state index >= 15 is 0 Å². The minimum Gasteiger partial charge on any atom is -0.462 e. The van der Waals surface area contributed by atoms with Crippen LogP contribution >= 0.6 is 11.3 Å². The molecular formula is C27H31N3O3S. The molecule has 1 aliphatic heterocycles. The number of nitrogens with one attached hydrogen (secondary N) is 1. The molecule has 0 aliphatic carbocycles. The van der Waals surface area contributed by atoms with Crippen LogP contribution in [0.5, 0.6) is 0 Å². The van der Waals surface area contributed by atoms with E-state index in [0.29, 0.717) is 10.6 Å². The highest BCUT2D eigenvalue weighted by Gasteiger charge is 2.31. The van der Waals surface area contributed by atoms with Crippen LogP contribution in [0.25, 0.3) is 10.4 Å². The van der Waals surface area contributed by atoms with E-state index in [-0.39, 0.29) is 12.5 Å². The fourth-order valence-electron chi connectivity index (χ4n) is 4.27. The number of amides is 1. The quantitative estimate of drug-likeness (QED) is 0.467. The van der Waals surface area contributed by atoms with Gasteiger partial charge in [-0.25, -0.2) is 4.79 Å². The highest BCUT2D eigenvalue weighted by atomic mass is 32.1. The van der Waals surface area contributed by atoms with E-state index in [9.17, 15) is 9.59 Å². The molecule has 0 spiro atoms. The Bertz CT molecular complexity index is 1090. The molecule has 1 aliphatic rings. The number of piperazine rings is 1. The van der Waals surface area contributed by atoms with Crippen LogP contribution in [0, 0.1) is 0 Å². The van der Waals surface area contributed by atoms with Crippen molar-refractivity contribution < 1.29 is 14.3 Å². The largest absolute Gasteiger partial charge is 0.462 e. The zero-order valence-electron chi connectivity index (χ0n) is 19.7. The van der Waals surface area contributed by atoms with Crippen LogP contribution in [0.3, 0.4) is 0 Å². The number of esters is 1. The smallest absolute Gasteiger partial charge is 0.341 e. The van der Waals surface area contributed by atoms with Crippen molar-refractivity contribution in [3.8, 4) is 10.4 Å². The fourth-order valence-corrected chi connectivity index (χ4v) is 5.32. The van der Waals surface area contributed by atoms with Gasteiger partial charge in [-0.05, 0) is 30.7 Å². The number of thiophene rings is 1. The Labute approximate surface area is 205 Å². The van der Waals surface area contributed by atoms with Gasteiger partial charge in [0.2, 0.25) is 5.91 Å². The summed E-state index contributed by atoms with van der Waals surface area (Å²) in [6.07, 6.45) is 0. The van der Waals surface area contributed by atoms with Gasteiger partial charge < -0.3 is 15.0 Å². The first-order valence-corrected chi connectivity index (χ1v) is 12.6. The molecule has 0 radical (unpaired) electrons. The normalized spacial score (nSPS) is 15.6. The number of rotatable bonds is 8. The van der Waals surface area contributed by atoms with Crippen LogP contribution in [-0.4, -0.2) is 61.0 Å².